The molecule has 0 fully saturated rings. The molecule has 0 aliphatic heterocycles. The maximum absolute atomic E-state index is 13.6. The SMILES string of the molecule is COc1cn(C(Cc2ccn(C)n2)C(=O)Nc2ccc(C(N)=O)nc2)c(=O)cc1-c1cc(Cl)ccc1C(C)C. The van der Waals surface area contributed by atoms with E-state index in [2.05, 4.69) is 29.2 Å². The Morgan fingerprint density at radius 3 is 2.49 bits per heavy atom. The Hall–Kier alpha value is -4.44. The van der Waals surface area contributed by atoms with Crippen molar-refractivity contribution in [2.75, 3.05) is 12.4 Å². The average Bonchev–Trinajstić information content (AvgIpc) is 3.31. The molecule has 1 atom stereocenters. The summed E-state index contributed by atoms with van der Waals surface area (Å²) in [5, 5.41) is 7.69. The predicted molar refractivity (Wildman–Crippen MR) is 149 cm³/mol. The average molecular weight is 549 g/mol. The molecule has 4 rings (SSSR count). The van der Waals surface area contributed by atoms with Crippen LogP contribution in [0.1, 0.15) is 47.6 Å². The minimum absolute atomic E-state index is 0.0661. The summed E-state index contributed by atoms with van der Waals surface area (Å²) in [6.07, 6.45) is 4.76. The van der Waals surface area contributed by atoms with Crippen molar-refractivity contribution >= 4 is 29.1 Å². The minimum Gasteiger partial charge on any atom is -0.495 e. The van der Waals surface area contributed by atoms with Gasteiger partial charge in [0.25, 0.3) is 11.5 Å². The van der Waals surface area contributed by atoms with Crippen LogP contribution in [0.4, 0.5) is 5.69 Å². The first-order valence-electron chi connectivity index (χ1n) is 12.2. The second-order valence-corrected chi connectivity index (χ2v) is 9.81. The third-order valence-electron chi connectivity index (χ3n) is 6.28. The van der Waals surface area contributed by atoms with Crippen molar-refractivity contribution in [2.24, 2.45) is 12.8 Å². The number of nitrogens with zero attached hydrogens (tertiary/aromatic N) is 4. The number of hydrogen-bond acceptors (Lipinski definition) is 6. The maximum Gasteiger partial charge on any atom is 0.267 e. The fourth-order valence-electron chi connectivity index (χ4n) is 4.34. The Labute approximate surface area is 230 Å². The summed E-state index contributed by atoms with van der Waals surface area (Å²) in [4.78, 5) is 42.4. The highest BCUT2D eigenvalue weighted by Crippen LogP contribution is 2.36. The number of hydrogen-bond donors (Lipinski definition) is 2. The van der Waals surface area contributed by atoms with E-state index in [4.69, 9.17) is 22.1 Å². The molecule has 3 N–H and O–H groups in total. The highest BCUT2D eigenvalue weighted by Gasteiger charge is 2.26. The fourth-order valence-corrected chi connectivity index (χ4v) is 4.51. The smallest absolute Gasteiger partial charge is 0.267 e. The van der Waals surface area contributed by atoms with Gasteiger partial charge >= 0.3 is 0 Å². The summed E-state index contributed by atoms with van der Waals surface area (Å²) in [7, 11) is 3.28. The first-order valence-corrected chi connectivity index (χ1v) is 12.6. The zero-order valence-electron chi connectivity index (χ0n) is 22.0. The number of pyridine rings is 2. The van der Waals surface area contributed by atoms with Crippen molar-refractivity contribution in [1.29, 1.82) is 0 Å². The van der Waals surface area contributed by atoms with Crippen molar-refractivity contribution in [3.05, 3.63) is 93.4 Å². The summed E-state index contributed by atoms with van der Waals surface area (Å²) in [5.74, 6) is -0.580. The van der Waals surface area contributed by atoms with Gasteiger partial charge in [-0.15, -0.1) is 0 Å². The fraction of sp³-hybridized carbons (Fsp3) is 0.250. The first-order chi connectivity index (χ1) is 18.6. The number of ether oxygens (including phenoxy) is 1. The number of carbonyl (C=O) groups excluding carboxylic acids is 2. The molecule has 1 unspecified atom stereocenters. The number of amides is 2. The van der Waals surface area contributed by atoms with Gasteiger partial charge in [-0.05, 0) is 47.4 Å². The van der Waals surface area contributed by atoms with E-state index < -0.39 is 23.4 Å². The number of nitrogens with one attached hydrogen (secondary N) is 1. The van der Waals surface area contributed by atoms with Crippen molar-refractivity contribution in [1.82, 2.24) is 19.3 Å². The summed E-state index contributed by atoms with van der Waals surface area (Å²) in [6.45, 7) is 4.11. The van der Waals surface area contributed by atoms with Gasteiger partial charge in [0, 0.05) is 36.3 Å². The van der Waals surface area contributed by atoms with E-state index in [-0.39, 0.29) is 18.0 Å². The zero-order valence-corrected chi connectivity index (χ0v) is 22.8. The lowest BCUT2D eigenvalue weighted by Crippen LogP contribution is -2.34. The molecule has 202 valence electrons. The van der Waals surface area contributed by atoms with Crippen molar-refractivity contribution in [3.8, 4) is 16.9 Å². The number of aromatic nitrogens is 4. The molecule has 0 saturated heterocycles. The number of anilines is 1. The molecular weight excluding hydrogens is 520 g/mol. The van der Waals surface area contributed by atoms with Crippen LogP contribution in [0.3, 0.4) is 0 Å². The number of primary amides is 1. The molecule has 1 aromatic carbocycles. The topological polar surface area (TPSA) is 134 Å². The molecule has 2 amide bonds. The molecule has 0 aliphatic carbocycles. The van der Waals surface area contributed by atoms with Gasteiger partial charge in [-0.1, -0.05) is 31.5 Å². The van der Waals surface area contributed by atoms with Crippen molar-refractivity contribution in [3.63, 3.8) is 0 Å². The molecule has 39 heavy (non-hydrogen) atoms. The Balaban J connectivity index is 1.78. The normalized spacial score (nSPS) is 11.8. The van der Waals surface area contributed by atoms with E-state index in [0.29, 0.717) is 27.7 Å². The first kappa shape index (κ1) is 27.6. The van der Waals surface area contributed by atoms with Crippen LogP contribution in [0, 0.1) is 0 Å². The molecule has 0 spiro atoms. The number of nitrogens with two attached hydrogens (primary N) is 1. The van der Waals surface area contributed by atoms with Crippen molar-refractivity contribution < 1.29 is 14.3 Å². The summed E-state index contributed by atoms with van der Waals surface area (Å²) in [6, 6.07) is 10.7. The van der Waals surface area contributed by atoms with Gasteiger partial charge in [-0.3, -0.25) is 23.6 Å². The standard InChI is InChI=1S/C28H29ClN6O4/c1-16(2)20-7-5-17(29)11-21(20)22-13-26(36)35(15-25(22)39-4)24(12-18-9-10-34(3)33-18)28(38)32-19-6-8-23(27(30)37)31-14-19/h5-11,13-16,24H,12H2,1-4H3,(H2,30,37)(H,32,38). The molecule has 0 radical (unpaired) electrons. The van der Waals surface area contributed by atoms with Crippen LogP contribution in [-0.2, 0) is 18.3 Å². The molecule has 4 aromatic rings. The number of methoxy groups -OCH3 is 1. The van der Waals surface area contributed by atoms with Crippen LogP contribution >= 0.6 is 11.6 Å². The summed E-state index contributed by atoms with van der Waals surface area (Å²) < 4.78 is 8.65. The largest absolute Gasteiger partial charge is 0.495 e. The molecule has 3 heterocycles. The highest BCUT2D eigenvalue weighted by molar-refractivity contribution is 6.30. The van der Waals surface area contributed by atoms with Gasteiger partial charge in [0.05, 0.1) is 30.9 Å². The van der Waals surface area contributed by atoms with Crippen LogP contribution in [0.25, 0.3) is 11.1 Å². The van der Waals surface area contributed by atoms with Crippen LogP contribution in [-0.4, -0.2) is 38.3 Å². The number of rotatable bonds is 9. The van der Waals surface area contributed by atoms with E-state index in [1.807, 2.05) is 12.1 Å². The predicted octanol–water partition coefficient (Wildman–Crippen LogP) is 3.95. The van der Waals surface area contributed by atoms with Gasteiger partial charge in [0.15, 0.2) is 0 Å². The van der Waals surface area contributed by atoms with E-state index in [9.17, 15) is 14.4 Å². The lowest BCUT2D eigenvalue weighted by Gasteiger charge is -2.22. The van der Waals surface area contributed by atoms with Crippen LogP contribution in [0.2, 0.25) is 5.02 Å². The van der Waals surface area contributed by atoms with E-state index >= 15 is 0 Å². The lowest BCUT2D eigenvalue weighted by molar-refractivity contribution is -0.119. The van der Waals surface area contributed by atoms with Gasteiger partial charge in [-0.25, -0.2) is 4.98 Å². The molecular formula is C28H29ClN6O4. The molecule has 0 saturated carbocycles. The third kappa shape index (κ3) is 6.18. The maximum atomic E-state index is 13.6. The van der Waals surface area contributed by atoms with E-state index in [1.165, 1.54) is 42.3 Å². The molecule has 10 nitrogen and oxygen atoms in total. The molecule has 0 aliphatic rings. The lowest BCUT2D eigenvalue weighted by atomic mass is 9.92. The van der Waals surface area contributed by atoms with Gasteiger partial charge in [0.1, 0.15) is 17.5 Å². The van der Waals surface area contributed by atoms with Gasteiger partial charge < -0.3 is 15.8 Å². The monoisotopic (exact) mass is 548 g/mol. The second kappa shape index (κ2) is 11.5. The summed E-state index contributed by atoms with van der Waals surface area (Å²) in [5.41, 5.74) is 8.24. The van der Waals surface area contributed by atoms with Crippen molar-refractivity contribution in [2.45, 2.75) is 32.2 Å². The quantitative estimate of drug-likeness (QED) is 0.325. The summed E-state index contributed by atoms with van der Waals surface area (Å²) >= 11 is 6.31. The van der Waals surface area contributed by atoms with Crippen LogP contribution < -0.4 is 21.3 Å². The number of aryl methyl sites for hydroxylation is 1. The molecule has 0 bridgehead atoms. The Bertz CT molecular complexity index is 1580. The Morgan fingerprint density at radius 2 is 1.90 bits per heavy atom. The molecule has 3 aromatic heterocycles. The minimum atomic E-state index is -0.977. The highest BCUT2D eigenvalue weighted by atomic mass is 35.5. The van der Waals surface area contributed by atoms with Gasteiger partial charge in [0.2, 0.25) is 5.91 Å². The van der Waals surface area contributed by atoms with Gasteiger partial charge in [-0.2, -0.15) is 5.10 Å². The Kier molecular flexibility index (Phi) is 8.15. The number of halogens is 1. The van der Waals surface area contributed by atoms with Crippen LogP contribution in [0.15, 0.2) is 65.8 Å². The second-order valence-electron chi connectivity index (χ2n) is 9.37. The number of benzene rings is 1. The third-order valence-corrected chi connectivity index (χ3v) is 6.52. The molecule has 11 heteroatoms. The van der Waals surface area contributed by atoms with E-state index in [1.54, 1.807) is 30.1 Å². The zero-order chi connectivity index (χ0) is 28.3. The number of carbonyl (C=O) groups is 2. The Morgan fingerprint density at radius 1 is 1.13 bits per heavy atom. The van der Waals surface area contributed by atoms with E-state index in [0.717, 1.165) is 11.1 Å². The van der Waals surface area contributed by atoms with Crippen LogP contribution in [0.5, 0.6) is 5.75 Å².